The van der Waals surface area contributed by atoms with Crippen molar-refractivity contribution in [3.05, 3.63) is 59.8 Å². The van der Waals surface area contributed by atoms with Crippen molar-refractivity contribution < 1.29 is 26.8 Å². The van der Waals surface area contributed by atoms with Gasteiger partial charge in [-0.2, -0.15) is 13.2 Å². The van der Waals surface area contributed by atoms with Crippen LogP contribution in [0.15, 0.2) is 41.1 Å². The zero-order valence-corrected chi connectivity index (χ0v) is 18.4. The number of amides is 2. The smallest absolute Gasteiger partial charge is 0.417 e. The van der Waals surface area contributed by atoms with Crippen LogP contribution >= 0.6 is 0 Å². The predicted octanol–water partition coefficient (Wildman–Crippen LogP) is 5.53. The summed E-state index contributed by atoms with van der Waals surface area (Å²) in [7, 11) is 0. The number of rotatable bonds is 3. The van der Waals surface area contributed by atoms with Gasteiger partial charge in [-0.25, -0.2) is 9.18 Å². The van der Waals surface area contributed by atoms with Crippen molar-refractivity contribution in [2.45, 2.75) is 50.9 Å². The number of hydrogen-bond donors (Lipinski definition) is 1. The average molecular weight is 475 g/mol. The van der Waals surface area contributed by atoms with Gasteiger partial charge in [0.1, 0.15) is 11.4 Å². The molecule has 2 amide bonds. The molecule has 1 aromatic carbocycles. The lowest BCUT2D eigenvalue weighted by Gasteiger charge is -2.61. The van der Waals surface area contributed by atoms with Crippen LogP contribution in [-0.2, 0) is 11.7 Å². The van der Waals surface area contributed by atoms with Crippen molar-refractivity contribution in [3.8, 4) is 11.1 Å². The number of aromatic nitrogens is 3. The van der Waals surface area contributed by atoms with E-state index in [1.54, 1.807) is 11.8 Å². The fourth-order valence-electron chi connectivity index (χ4n) is 5.28. The molecule has 2 bridgehead atoms. The second-order valence-electron chi connectivity index (χ2n) is 9.01. The van der Waals surface area contributed by atoms with Gasteiger partial charge in [-0.05, 0) is 48.6 Å². The Morgan fingerprint density at radius 2 is 2.00 bits per heavy atom. The van der Waals surface area contributed by atoms with Gasteiger partial charge < -0.3 is 14.6 Å². The number of nitrogens with one attached hydrogen (secondary N) is 1. The van der Waals surface area contributed by atoms with Crippen molar-refractivity contribution in [1.82, 2.24) is 20.1 Å². The van der Waals surface area contributed by atoms with Gasteiger partial charge in [0.2, 0.25) is 11.8 Å². The minimum atomic E-state index is -4.67. The van der Waals surface area contributed by atoms with E-state index in [0.717, 1.165) is 30.9 Å². The Morgan fingerprint density at radius 3 is 2.68 bits per heavy atom. The summed E-state index contributed by atoms with van der Waals surface area (Å²) in [5.74, 6) is 0.330. The zero-order valence-electron chi connectivity index (χ0n) is 18.4. The Morgan fingerprint density at radius 1 is 1.21 bits per heavy atom. The van der Waals surface area contributed by atoms with E-state index in [2.05, 4.69) is 27.4 Å². The number of nitrogens with zero attached hydrogens (tertiary/aromatic N) is 4. The lowest BCUT2D eigenvalue weighted by Crippen LogP contribution is -2.70. The zero-order chi connectivity index (χ0) is 24.3. The fraction of sp³-hybridized carbons (Fsp3) is 0.391. The van der Waals surface area contributed by atoms with Gasteiger partial charge >= 0.3 is 12.2 Å². The minimum Gasteiger partial charge on any atom is -0.423 e. The van der Waals surface area contributed by atoms with E-state index < -0.39 is 29.1 Å². The lowest BCUT2D eigenvalue weighted by atomic mass is 9.64. The first kappa shape index (κ1) is 22.3. The number of alkyl halides is 3. The third-order valence-corrected chi connectivity index (χ3v) is 6.50. The van der Waals surface area contributed by atoms with E-state index >= 15 is 0 Å². The third-order valence-electron chi connectivity index (χ3n) is 6.50. The predicted molar refractivity (Wildman–Crippen MR) is 113 cm³/mol. The number of halogens is 4. The molecule has 1 aliphatic carbocycles. The summed E-state index contributed by atoms with van der Waals surface area (Å²) in [6, 6.07) is 3.68. The Labute approximate surface area is 192 Å². The van der Waals surface area contributed by atoms with Gasteiger partial charge in [-0.15, -0.1) is 10.2 Å². The van der Waals surface area contributed by atoms with Crippen LogP contribution in [0.1, 0.15) is 43.5 Å². The SMILES string of the molecule is Cc1nnc([C@@]23C[C@@H](C)C[C@@H](C2)N3C(=O)Nc2ccc(C(F)(F)F)c(-c3cncc(F)c3)c2)o1. The molecule has 2 fully saturated rings. The minimum absolute atomic E-state index is 0.0442. The van der Waals surface area contributed by atoms with E-state index in [0.29, 0.717) is 30.5 Å². The summed E-state index contributed by atoms with van der Waals surface area (Å²) in [4.78, 5) is 18.6. The number of carbonyl (C=O) groups is 1. The standard InChI is InChI=1S/C23H21F4N5O2/c1-12-5-17-9-22(8-12,20-31-30-13(2)34-20)32(17)21(33)29-16-3-4-19(23(25,26)27)18(7-16)14-6-15(24)11-28-10-14/h3-4,6-7,10-12,17H,5,8-9H2,1-2H3,(H,29,33)/t12-,17-,22+/m0/s1. The van der Waals surface area contributed by atoms with Gasteiger partial charge in [0.15, 0.2) is 0 Å². The highest BCUT2D eigenvalue weighted by Crippen LogP contribution is 2.55. The lowest BCUT2D eigenvalue weighted by molar-refractivity contribution is -0.137. The van der Waals surface area contributed by atoms with E-state index in [4.69, 9.17) is 4.42 Å². The number of likely N-dealkylation sites (tertiary alicyclic amines) is 1. The molecule has 1 saturated carbocycles. The van der Waals surface area contributed by atoms with Crippen LogP contribution in [0.2, 0.25) is 0 Å². The quantitative estimate of drug-likeness (QED) is 0.504. The molecule has 1 aliphatic heterocycles. The molecule has 1 saturated heterocycles. The maximum atomic E-state index is 13.7. The molecule has 178 valence electrons. The van der Waals surface area contributed by atoms with Crippen LogP contribution in [-0.4, -0.2) is 32.2 Å². The maximum Gasteiger partial charge on any atom is 0.417 e. The van der Waals surface area contributed by atoms with Crippen LogP contribution in [0.25, 0.3) is 11.1 Å². The molecule has 34 heavy (non-hydrogen) atoms. The van der Waals surface area contributed by atoms with Gasteiger partial charge in [-0.1, -0.05) is 6.92 Å². The van der Waals surface area contributed by atoms with Crippen molar-refractivity contribution >= 4 is 11.7 Å². The number of urea groups is 1. The Balaban J connectivity index is 1.47. The summed E-state index contributed by atoms with van der Waals surface area (Å²) in [5.41, 5.74) is -1.88. The molecule has 0 unspecified atom stereocenters. The highest BCUT2D eigenvalue weighted by molar-refractivity contribution is 5.92. The largest absolute Gasteiger partial charge is 0.423 e. The number of pyridine rings is 1. The van der Waals surface area contributed by atoms with Gasteiger partial charge in [0.25, 0.3) is 0 Å². The molecule has 3 heterocycles. The molecule has 3 aromatic rings. The molecular weight excluding hydrogens is 454 g/mol. The number of piperidine rings is 1. The van der Waals surface area contributed by atoms with Crippen molar-refractivity contribution in [2.24, 2.45) is 5.92 Å². The molecular formula is C23H21F4N5O2. The summed E-state index contributed by atoms with van der Waals surface area (Å²) in [6.07, 6.45) is -0.492. The van der Waals surface area contributed by atoms with E-state index in [1.165, 1.54) is 12.1 Å². The number of aryl methyl sites for hydroxylation is 1. The van der Waals surface area contributed by atoms with E-state index in [9.17, 15) is 22.4 Å². The van der Waals surface area contributed by atoms with Crippen LogP contribution in [0, 0.1) is 18.7 Å². The molecule has 3 atom stereocenters. The van der Waals surface area contributed by atoms with Crippen LogP contribution in [0.4, 0.5) is 28.0 Å². The number of fused-ring (bicyclic) bond motifs is 2. The number of anilines is 1. The fourth-order valence-corrected chi connectivity index (χ4v) is 5.28. The van der Waals surface area contributed by atoms with E-state index in [-0.39, 0.29) is 22.9 Å². The van der Waals surface area contributed by atoms with Gasteiger partial charge in [0, 0.05) is 36.8 Å². The highest BCUT2D eigenvalue weighted by Gasteiger charge is 2.62. The highest BCUT2D eigenvalue weighted by atomic mass is 19.4. The van der Waals surface area contributed by atoms with E-state index in [1.807, 2.05) is 0 Å². The van der Waals surface area contributed by atoms with Gasteiger partial charge in [-0.3, -0.25) is 4.98 Å². The molecule has 1 N–H and O–H groups in total. The first-order valence-corrected chi connectivity index (χ1v) is 10.8. The molecule has 7 nitrogen and oxygen atoms in total. The molecule has 0 radical (unpaired) electrons. The molecule has 0 spiro atoms. The first-order valence-electron chi connectivity index (χ1n) is 10.8. The summed E-state index contributed by atoms with van der Waals surface area (Å²) < 4.78 is 60.2. The first-order chi connectivity index (χ1) is 16.1. The van der Waals surface area contributed by atoms with Crippen LogP contribution in [0.3, 0.4) is 0 Å². The summed E-state index contributed by atoms with van der Waals surface area (Å²) in [5, 5.41) is 10.8. The number of hydrogen-bond acceptors (Lipinski definition) is 5. The second-order valence-corrected chi connectivity index (χ2v) is 9.01. The molecule has 2 aliphatic rings. The third kappa shape index (κ3) is 3.68. The Hall–Kier alpha value is -3.50. The Bertz CT molecular complexity index is 1260. The Kier molecular flexibility index (Phi) is 5.10. The van der Waals surface area contributed by atoms with Crippen LogP contribution in [0.5, 0.6) is 0 Å². The molecule has 2 aromatic heterocycles. The summed E-state index contributed by atoms with van der Waals surface area (Å²) >= 11 is 0. The molecule has 5 rings (SSSR count). The van der Waals surface area contributed by atoms with Gasteiger partial charge in [0.05, 0.1) is 11.8 Å². The average Bonchev–Trinajstić information content (AvgIpc) is 3.19. The van der Waals surface area contributed by atoms with Crippen molar-refractivity contribution in [3.63, 3.8) is 0 Å². The number of benzene rings is 1. The van der Waals surface area contributed by atoms with Crippen molar-refractivity contribution in [2.75, 3.05) is 5.32 Å². The molecule has 11 heteroatoms. The number of carbonyl (C=O) groups excluding carboxylic acids is 1. The maximum absolute atomic E-state index is 13.7. The van der Waals surface area contributed by atoms with Crippen molar-refractivity contribution in [1.29, 1.82) is 0 Å². The second kappa shape index (κ2) is 7.78. The summed E-state index contributed by atoms with van der Waals surface area (Å²) in [6.45, 7) is 3.76. The van der Waals surface area contributed by atoms with Crippen LogP contribution < -0.4 is 5.32 Å². The normalized spacial score (nSPS) is 24.0. The topological polar surface area (TPSA) is 84.2 Å². The monoisotopic (exact) mass is 475 g/mol.